The fourth-order valence-corrected chi connectivity index (χ4v) is 2.99. The molecule has 1 aromatic rings. The maximum Gasteiger partial charge on any atom is 0.207 e. The number of rotatable bonds is 4. The highest BCUT2D eigenvalue weighted by Gasteiger charge is 2.19. The van der Waals surface area contributed by atoms with Gasteiger partial charge in [0.15, 0.2) is 0 Å². The van der Waals surface area contributed by atoms with Crippen LogP contribution in [0.25, 0.3) is 0 Å². The number of ether oxygens (including phenoxy) is 1. The molecule has 0 amide bonds. The second kappa shape index (κ2) is 6.53. The van der Waals surface area contributed by atoms with Gasteiger partial charge in [0.25, 0.3) is 0 Å². The maximum absolute atomic E-state index is 6.22. The van der Waals surface area contributed by atoms with Gasteiger partial charge in [0.1, 0.15) is 0 Å². The van der Waals surface area contributed by atoms with Crippen LogP contribution in [-0.4, -0.2) is 31.0 Å². The molecule has 0 radical (unpaired) electrons. The van der Waals surface area contributed by atoms with Gasteiger partial charge in [-0.2, -0.15) is 0 Å². The summed E-state index contributed by atoms with van der Waals surface area (Å²) < 4.78 is 13.1. The molecule has 1 saturated heterocycles. The molecule has 1 unspecified atom stereocenters. The van der Waals surface area contributed by atoms with E-state index in [0.29, 0.717) is 6.61 Å². The van der Waals surface area contributed by atoms with Gasteiger partial charge in [-0.05, 0) is 16.8 Å². The van der Waals surface area contributed by atoms with E-state index in [4.69, 9.17) is 20.5 Å². The average molecular weight is 260 g/mol. The summed E-state index contributed by atoms with van der Waals surface area (Å²) in [6.07, 6.45) is 0. The van der Waals surface area contributed by atoms with Crippen LogP contribution < -0.4 is 0 Å². The molecule has 1 aliphatic rings. The van der Waals surface area contributed by atoms with E-state index >= 15 is 0 Å². The van der Waals surface area contributed by atoms with Gasteiger partial charge in [-0.15, -0.1) is 0 Å². The van der Waals surface area contributed by atoms with E-state index in [9.17, 15) is 0 Å². The van der Waals surface area contributed by atoms with Crippen LogP contribution in [0, 0.1) is 0 Å². The Bertz CT molecular complexity index is 306. The highest BCUT2D eigenvalue weighted by Crippen LogP contribution is 2.47. The third-order valence-electron chi connectivity index (χ3n) is 2.39. The molecule has 1 heterocycles. The molecule has 0 aliphatic carbocycles. The smallest absolute Gasteiger partial charge is 0.207 e. The molecule has 0 N–H and O–H groups in total. The SMILES string of the molecule is ClP(OCc1ccccc1)N1CCOCC1. The molecule has 2 rings (SSSR count). The van der Waals surface area contributed by atoms with Gasteiger partial charge in [-0.3, -0.25) is 0 Å². The van der Waals surface area contributed by atoms with Crippen molar-refractivity contribution in [3.63, 3.8) is 0 Å². The fourth-order valence-electron chi connectivity index (χ4n) is 1.49. The minimum atomic E-state index is -0.997. The van der Waals surface area contributed by atoms with Gasteiger partial charge in [0, 0.05) is 13.1 Å². The third kappa shape index (κ3) is 3.69. The van der Waals surface area contributed by atoms with Crippen molar-refractivity contribution >= 4 is 18.9 Å². The molecule has 0 spiro atoms. The van der Waals surface area contributed by atoms with Crippen LogP contribution in [0.4, 0.5) is 0 Å². The standard InChI is InChI=1S/C11H15ClNO2P/c12-16(13-6-8-14-9-7-13)15-10-11-4-2-1-3-5-11/h1-5H,6-10H2. The molecular weight excluding hydrogens is 245 g/mol. The molecule has 3 nitrogen and oxygen atoms in total. The first-order valence-electron chi connectivity index (χ1n) is 5.31. The summed E-state index contributed by atoms with van der Waals surface area (Å²) in [5.41, 5.74) is 1.16. The second-order valence-electron chi connectivity index (χ2n) is 3.55. The summed E-state index contributed by atoms with van der Waals surface area (Å²) in [6.45, 7) is 3.81. The summed E-state index contributed by atoms with van der Waals surface area (Å²) in [6, 6.07) is 10.1. The summed E-state index contributed by atoms with van der Waals surface area (Å²) >= 11 is 6.22. The lowest BCUT2D eigenvalue weighted by Gasteiger charge is -2.29. The molecule has 0 bridgehead atoms. The minimum absolute atomic E-state index is 0.577. The number of nitrogens with zero attached hydrogens (tertiary/aromatic N) is 1. The molecule has 0 aromatic heterocycles. The van der Waals surface area contributed by atoms with Gasteiger partial charge < -0.3 is 9.26 Å². The van der Waals surface area contributed by atoms with Crippen LogP contribution in [0.3, 0.4) is 0 Å². The van der Waals surface area contributed by atoms with Crippen LogP contribution in [0.2, 0.25) is 0 Å². The highest BCUT2D eigenvalue weighted by atomic mass is 35.7. The Morgan fingerprint density at radius 3 is 2.62 bits per heavy atom. The Morgan fingerprint density at radius 1 is 1.25 bits per heavy atom. The van der Waals surface area contributed by atoms with Gasteiger partial charge in [-0.25, -0.2) is 4.67 Å². The molecule has 0 saturated carbocycles. The Balaban J connectivity index is 1.76. The van der Waals surface area contributed by atoms with Crippen molar-refractivity contribution in [1.29, 1.82) is 0 Å². The predicted molar refractivity (Wildman–Crippen MR) is 66.4 cm³/mol. The molecular formula is C11H15ClNO2P. The van der Waals surface area contributed by atoms with Crippen LogP contribution in [0.15, 0.2) is 30.3 Å². The number of halogens is 1. The van der Waals surface area contributed by atoms with Crippen molar-refractivity contribution in [2.45, 2.75) is 6.61 Å². The van der Waals surface area contributed by atoms with Crippen molar-refractivity contribution < 1.29 is 9.26 Å². The van der Waals surface area contributed by atoms with Crippen molar-refractivity contribution in [1.82, 2.24) is 4.67 Å². The van der Waals surface area contributed by atoms with Crippen molar-refractivity contribution in [3.05, 3.63) is 35.9 Å². The second-order valence-corrected chi connectivity index (χ2v) is 5.70. The molecule has 1 aliphatic heterocycles. The molecule has 5 heteroatoms. The number of benzene rings is 1. The van der Waals surface area contributed by atoms with E-state index in [2.05, 4.69) is 4.67 Å². The predicted octanol–water partition coefficient (Wildman–Crippen LogP) is 3.00. The lowest BCUT2D eigenvalue weighted by atomic mass is 10.2. The zero-order chi connectivity index (χ0) is 11.2. The average Bonchev–Trinajstić information content (AvgIpc) is 2.38. The first-order valence-corrected chi connectivity index (χ1v) is 7.43. The lowest BCUT2D eigenvalue weighted by Crippen LogP contribution is -2.31. The van der Waals surface area contributed by atoms with E-state index in [1.54, 1.807) is 0 Å². The highest BCUT2D eigenvalue weighted by molar-refractivity contribution is 7.78. The summed E-state index contributed by atoms with van der Waals surface area (Å²) in [4.78, 5) is 0. The molecule has 16 heavy (non-hydrogen) atoms. The van der Waals surface area contributed by atoms with E-state index < -0.39 is 7.65 Å². The molecule has 88 valence electrons. The Labute approximate surface area is 102 Å². The normalized spacial score (nSPS) is 19.6. The van der Waals surface area contributed by atoms with Crippen LogP contribution in [-0.2, 0) is 15.9 Å². The van der Waals surface area contributed by atoms with Crippen molar-refractivity contribution in [3.8, 4) is 0 Å². The fraction of sp³-hybridized carbons (Fsp3) is 0.455. The van der Waals surface area contributed by atoms with E-state index in [1.807, 2.05) is 30.3 Å². The van der Waals surface area contributed by atoms with Crippen LogP contribution in [0.5, 0.6) is 0 Å². The maximum atomic E-state index is 6.22. The Kier molecular flexibility index (Phi) is 5.01. The third-order valence-corrected chi connectivity index (χ3v) is 4.51. The first-order chi connectivity index (χ1) is 7.86. The first kappa shape index (κ1) is 12.3. The van der Waals surface area contributed by atoms with E-state index in [-0.39, 0.29) is 0 Å². The minimum Gasteiger partial charge on any atom is -0.379 e. The zero-order valence-electron chi connectivity index (χ0n) is 9.01. The summed E-state index contributed by atoms with van der Waals surface area (Å²) in [5.74, 6) is 0. The monoisotopic (exact) mass is 259 g/mol. The largest absolute Gasteiger partial charge is 0.379 e. The quantitative estimate of drug-likeness (QED) is 0.776. The Hall–Kier alpha value is -0.180. The summed E-state index contributed by atoms with van der Waals surface area (Å²) in [5, 5.41) is 0. The van der Waals surface area contributed by atoms with E-state index in [0.717, 1.165) is 31.9 Å². The van der Waals surface area contributed by atoms with Gasteiger partial charge in [0.05, 0.1) is 19.8 Å². The van der Waals surface area contributed by atoms with Crippen LogP contribution in [0.1, 0.15) is 5.56 Å². The Morgan fingerprint density at radius 2 is 1.94 bits per heavy atom. The zero-order valence-corrected chi connectivity index (χ0v) is 10.7. The lowest BCUT2D eigenvalue weighted by molar-refractivity contribution is 0.0706. The van der Waals surface area contributed by atoms with Gasteiger partial charge >= 0.3 is 0 Å². The van der Waals surface area contributed by atoms with Gasteiger partial charge in [0.2, 0.25) is 7.65 Å². The molecule has 1 atom stereocenters. The van der Waals surface area contributed by atoms with Gasteiger partial charge in [-0.1, -0.05) is 30.3 Å². The topological polar surface area (TPSA) is 21.7 Å². The number of hydrogen-bond donors (Lipinski definition) is 0. The molecule has 1 aromatic carbocycles. The van der Waals surface area contributed by atoms with E-state index in [1.165, 1.54) is 0 Å². The number of morpholine rings is 1. The molecule has 1 fully saturated rings. The number of hydrogen-bond acceptors (Lipinski definition) is 3. The van der Waals surface area contributed by atoms with Crippen LogP contribution >= 0.6 is 18.9 Å². The van der Waals surface area contributed by atoms with Crippen molar-refractivity contribution in [2.75, 3.05) is 26.3 Å². The summed E-state index contributed by atoms with van der Waals surface area (Å²) in [7, 11) is -0.997. The van der Waals surface area contributed by atoms with Crippen molar-refractivity contribution in [2.24, 2.45) is 0 Å².